The third-order valence-corrected chi connectivity index (χ3v) is 3.36. The molecule has 0 bridgehead atoms. The van der Waals surface area contributed by atoms with Gasteiger partial charge in [0.1, 0.15) is 24.3 Å². The first-order valence-electron chi connectivity index (χ1n) is 6.68. The number of hydrogen-bond acceptors (Lipinski definition) is 3. The van der Waals surface area contributed by atoms with Gasteiger partial charge in [-0.25, -0.2) is 4.98 Å². The van der Waals surface area contributed by atoms with E-state index in [2.05, 4.69) is 9.97 Å². The highest BCUT2D eigenvalue weighted by Gasteiger charge is 2.22. The summed E-state index contributed by atoms with van der Waals surface area (Å²) in [5.41, 5.74) is 3.08. The van der Waals surface area contributed by atoms with Gasteiger partial charge in [-0.3, -0.25) is 0 Å². The number of ether oxygens (including phenoxy) is 2. The molecule has 1 aliphatic rings. The molecule has 1 N–H and O–H groups in total. The summed E-state index contributed by atoms with van der Waals surface area (Å²) in [5.74, 6) is 1.74. The van der Waals surface area contributed by atoms with Crippen molar-refractivity contribution in [2.45, 2.75) is 6.10 Å². The van der Waals surface area contributed by atoms with Crippen molar-refractivity contribution < 1.29 is 9.47 Å². The fraction of sp³-hybridized carbons (Fsp3) is 0.188. The van der Waals surface area contributed by atoms with Crippen LogP contribution in [0.1, 0.15) is 0 Å². The highest BCUT2D eigenvalue weighted by Crippen LogP contribution is 2.23. The Hall–Kier alpha value is -2.33. The van der Waals surface area contributed by atoms with Crippen molar-refractivity contribution in [1.82, 2.24) is 9.97 Å². The molecule has 4 heteroatoms. The van der Waals surface area contributed by atoms with Crippen LogP contribution >= 0.6 is 0 Å². The smallest absolute Gasteiger partial charge is 0.138 e. The Balaban J connectivity index is 1.57. The number of benzene rings is 2. The molecule has 0 spiro atoms. The van der Waals surface area contributed by atoms with Crippen molar-refractivity contribution in [1.29, 1.82) is 0 Å². The summed E-state index contributed by atoms with van der Waals surface area (Å²) in [7, 11) is 0. The zero-order chi connectivity index (χ0) is 13.4. The molecule has 20 heavy (non-hydrogen) atoms. The van der Waals surface area contributed by atoms with Gasteiger partial charge in [-0.05, 0) is 36.4 Å². The van der Waals surface area contributed by atoms with Crippen LogP contribution in [0.5, 0.6) is 5.75 Å². The molecular formula is C16H14N2O2. The fourth-order valence-corrected chi connectivity index (χ4v) is 2.15. The second-order valence-electron chi connectivity index (χ2n) is 4.89. The number of epoxide rings is 1. The van der Waals surface area contributed by atoms with Crippen LogP contribution in [0.15, 0.2) is 48.5 Å². The van der Waals surface area contributed by atoms with E-state index in [0.29, 0.717) is 6.61 Å². The molecule has 4 rings (SSSR count). The molecule has 1 aliphatic heterocycles. The molecule has 1 aromatic heterocycles. The topological polar surface area (TPSA) is 50.4 Å². The molecule has 2 heterocycles. The molecule has 0 amide bonds. The van der Waals surface area contributed by atoms with Gasteiger partial charge in [-0.1, -0.05) is 12.1 Å². The van der Waals surface area contributed by atoms with E-state index >= 15 is 0 Å². The first-order valence-corrected chi connectivity index (χ1v) is 6.68. The molecule has 0 radical (unpaired) electrons. The highest BCUT2D eigenvalue weighted by molar-refractivity contribution is 5.79. The van der Waals surface area contributed by atoms with Gasteiger partial charge >= 0.3 is 0 Å². The Labute approximate surface area is 116 Å². The first kappa shape index (κ1) is 11.5. The molecule has 3 aromatic rings. The normalized spacial score (nSPS) is 17.3. The van der Waals surface area contributed by atoms with Gasteiger partial charge in [0, 0.05) is 5.56 Å². The number of nitrogens with zero attached hydrogens (tertiary/aromatic N) is 1. The number of nitrogens with one attached hydrogen (secondary N) is 1. The molecule has 0 saturated carbocycles. The van der Waals surface area contributed by atoms with Crippen LogP contribution in [0.3, 0.4) is 0 Å². The van der Waals surface area contributed by atoms with Crippen LogP contribution < -0.4 is 4.74 Å². The van der Waals surface area contributed by atoms with E-state index in [4.69, 9.17) is 9.47 Å². The Morgan fingerprint density at radius 1 is 1.15 bits per heavy atom. The summed E-state index contributed by atoms with van der Waals surface area (Å²) in [5, 5.41) is 0. The zero-order valence-corrected chi connectivity index (χ0v) is 10.9. The Morgan fingerprint density at radius 3 is 2.70 bits per heavy atom. The number of H-pyrrole nitrogens is 1. The lowest BCUT2D eigenvalue weighted by Crippen LogP contribution is -2.03. The second kappa shape index (κ2) is 4.65. The Kier molecular flexibility index (Phi) is 2.67. The molecular weight excluding hydrogens is 252 g/mol. The molecule has 2 aromatic carbocycles. The molecule has 100 valence electrons. The minimum absolute atomic E-state index is 0.282. The lowest BCUT2D eigenvalue weighted by Gasteiger charge is -2.04. The quantitative estimate of drug-likeness (QED) is 0.738. The number of imidazole rings is 1. The van der Waals surface area contributed by atoms with E-state index in [1.165, 1.54) is 0 Å². The number of para-hydroxylation sites is 2. The minimum atomic E-state index is 0.282. The van der Waals surface area contributed by atoms with E-state index in [1.807, 2.05) is 48.5 Å². The molecule has 4 nitrogen and oxygen atoms in total. The van der Waals surface area contributed by atoms with E-state index in [-0.39, 0.29) is 6.10 Å². The van der Waals surface area contributed by atoms with Gasteiger partial charge < -0.3 is 14.5 Å². The monoisotopic (exact) mass is 266 g/mol. The average Bonchev–Trinajstić information content (AvgIpc) is 3.22. The lowest BCUT2D eigenvalue weighted by molar-refractivity contribution is 0.263. The zero-order valence-electron chi connectivity index (χ0n) is 10.9. The summed E-state index contributed by atoms with van der Waals surface area (Å²) in [4.78, 5) is 7.90. The molecule has 1 atom stereocenters. The summed E-state index contributed by atoms with van der Waals surface area (Å²) >= 11 is 0. The lowest BCUT2D eigenvalue weighted by atomic mass is 10.2. The van der Waals surface area contributed by atoms with Crippen molar-refractivity contribution >= 4 is 11.0 Å². The standard InChI is InChI=1S/C16H14N2O2/c1-2-4-15-14(3-1)17-16(18-15)11-5-7-12(8-6-11)19-9-13-10-20-13/h1-8,13H,9-10H2,(H,17,18). The van der Waals surface area contributed by atoms with Crippen LogP contribution in [0.4, 0.5) is 0 Å². The van der Waals surface area contributed by atoms with Gasteiger partial charge in [0.25, 0.3) is 0 Å². The maximum Gasteiger partial charge on any atom is 0.138 e. The van der Waals surface area contributed by atoms with E-state index in [0.717, 1.165) is 34.8 Å². The third-order valence-electron chi connectivity index (χ3n) is 3.36. The third kappa shape index (κ3) is 2.26. The average molecular weight is 266 g/mol. The minimum Gasteiger partial charge on any atom is -0.491 e. The van der Waals surface area contributed by atoms with Crippen LogP contribution in [0.25, 0.3) is 22.4 Å². The predicted molar refractivity (Wildman–Crippen MR) is 76.8 cm³/mol. The van der Waals surface area contributed by atoms with E-state index in [9.17, 15) is 0 Å². The van der Waals surface area contributed by atoms with Gasteiger partial charge in [-0.2, -0.15) is 0 Å². The number of aromatic amines is 1. The van der Waals surface area contributed by atoms with Crippen LogP contribution in [-0.4, -0.2) is 29.3 Å². The fourth-order valence-electron chi connectivity index (χ4n) is 2.15. The Bertz CT molecular complexity index is 697. The maximum absolute atomic E-state index is 5.62. The van der Waals surface area contributed by atoms with Crippen molar-refractivity contribution in [2.24, 2.45) is 0 Å². The molecule has 1 fully saturated rings. The van der Waals surface area contributed by atoms with Crippen molar-refractivity contribution in [3.63, 3.8) is 0 Å². The molecule has 1 unspecified atom stereocenters. The van der Waals surface area contributed by atoms with Crippen LogP contribution in [0, 0.1) is 0 Å². The van der Waals surface area contributed by atoms with Crippen molar-refractivity contribution in [2.75, 3.05) is 13.2 Å². The number of fused-ring (bicyclic) bond motifs is 1. The van der Waals surface area contributed by atoms with Gasteiger partial charge in [-0.15, -0.1) is 0 Å². The van der Waals surface area contributed by atoms with Gasteiger partial charge in [0.15, 0.2) is 0 Å². The van der Waals surface area contributed by atoms with E-state index in [1.54, 1.807) is 0 Å². The first-order chi connectivity index (χ1) is 9.88. The SMILES string of the molecule is c1ccc2[nH]c(-c3ccc(OCC4CO4)cc3)nc2c1. The highest BCUT2D eigenvalue weighted by atomic mass is 16.6. The van der Waals surface area contributed by atoms with Gasteiger partial charge in [0.2, 0.25) is 0 Å². The summed E-state index contributed by atoms with van der Waals surface area (Å²) in [6, 6.07) is 16.0. The summed E-state index contributed by atoms with van der Waals surface area (Å²) in [6.07, 6.45) is 0.282. The molecule has 0 aliphatic carbocycles. The predicted octanol–water partition coefficient (Wildman–Crippen LogP) is 3.01. The summed E-state index contributed by atoms with van der Waals surface area (Å²) < 4.78 is 10.7. The van der Waals surface area contributed by atoms with Crippen LogP contribution in [0.2, 0.25) is 0 Å². The van der Waals surface area contributed by atoms with Crippen LogP contribution in [-0.2, 0) is 4.74 Å². The molecule has 1 saturated heterocycles. The number of hydrogen-bond donors (Lipinski definition) is 1. The second-order valence-corrected chi connectivity index (χ2v) is 4.89. The van der Waals surface area contributed by atoms with E-state index < -0.39 is 0 Å². The largest absolute Gasteiger partial charge is 0.491 e. The number of aromatic nitrogens is 2. The maximum atomic E-state index is 5.62. The van der Waals surface area contributed by atoms with Crippen molar-refractivity contribution in [3.8, 4) is 17.1 Å². The Morgan fingerprint density at radius 2 is 1.95 bits per heavy atom. The van der Waals surface area contributed by atoms with Gasteiger partial charge in [0.05, 0.1) is 17.6 Å². The summed E-state index contributed by atoms with van der Waals surface area (Å²) in [6.45, 7) is 1.45. The number of rotatable bonds is 4. The van der Waals surface area contributed by atoms with Crippen molar-refractivity contribution in [3.05, 3.63) is 48.5 Å².